The highest BCUT2D eigenvalue weighted by Gasteiger charge is 2.30. The Hall–Kier alpha value is -8.32. The summed E-state index contributed by atoms with van der Waals surface area (Å²) >= 11 is 0. The van der Waals surface area contributed by atoms with Crippen LogP contribution in [0.5, 0.6) is 0 Å². The number of rotatable bonds is 8. The van der Waals surface area contributed by atoms with Gasteiger partial charge >= 0.3 is 0 Å². The lowest BCUT2D eigenvalue weighted by molar-refractivity contribution is 0.402. The fourth-order valence-electron chi connectivity index (χ4n) is 12.2. The molecule has 1 saturated carbocycles. The standard InChI is InChI=1S/C70H52/c1-5-21-47(22-6-1)53-41-54(48-23-7-2-8-24-48)44-57(43-53)69-63-33-17-13-29-59(63)67(60-30-14-18-34-64(60)69)51-37-39-52(40-38-51)68-61-31-15-19-35-65(61)70(66-36-20-16-32-62(66)68)58-45-55(49-25-9-3-10-26-49)42-56(46-58)50-27-11-4-12-28-50/h1-36,41-46,51-52H,37-40H2. The first-order valence-corrected chi connectivity index (χ1v) is 25.1. The molecule has 1 aliphatic rings. The Morgan fingerprint density at radius 1 is 0.186 bits per heavy atom. The van der Waals surface area contributed by atoms with E-state index in [4.69, 9.17) is 0 Å². The van der Waals surface area contributed by atoms with Gasteiger partial charge in [0.2, 0.25) is 0 Å². The lowest BCUT2D eigenvalue weighted by atomic mass is 9.71. The molecular weight excluding hydrogens is 841 g/mol. The van der Waals surface area contributed by atoms with Crippen LogP contribution in [-0.4, -0.2) is 0 Å². The topological polar surface area (TPSA) is 0 Å². The predicted molar refractivity (Wildman–Crippen MR) is 299 cm³/mol. The molecule has 0 heteroatoms. The minimum atomic E-state index is 0.449. The maximum absolute atomic E-state index is 2.42. The van der Waals surface area contributed by atoms with E-state index in [1.54, 1.807) is 0 Å². The smallest absolute Gasteiger partial charge is 0.00262 e. The number of hydrogen-bond donors (Lipinski definition) is 0. The Morgan fingerprint density at radius 3 is 0.629 bits per heavy atom. The molecule has 0 aliphatic heterocycles. The lowest BCUT2D eigenvalue weighted by Gasteiger charge is -2.33. The van der Waals surface area contributed by atoms with Gasteiger partial charge in [-0.15, -0.1) is 0 Å². The van der Waals surface area contributed by atoms with Crippen molar-refractivity contribution in [2.45, 2.75) is 37.5 Å². The summed E-state index contributed by atoms with van der Waals surface area (Å²) in [6.45, 7) is 0. The molecule has 12 aromatic carbocycles. The molecule has 0 unspecified atom stereocenters. The Labute approximate surface area is 411 Å². The molecule has 0 heterocycles. The van der Waals surface area contributed by atoms with E-state index in [1.165, 1.54) is 121 Å². The van der Waals surface area contributed by atoms with Crippen LogP contribution in [0.15, 0.2) is 255 Å². The molecule has 12 aromatic rings. The summed E-state index contributed by atoms with van der Waals surface area (Å²) in [5.74, 6) is 0.897. The third-order valence-corrected chi connectivity index (χ3v) is 15.4. The second kappa shape index (κ2) is 18.0. The molecule has 70 heavy (non-hydrogen) atoms. The van der Waals surface area contributed by atoms with Crippen LogP contribution in [0.1, 0.15) is 48.6 Å². The van der Waals surface area contributed by atoms with Crippen molar-refractivity contribution in [1.82, 2.24) is 0 Å². The highest BCUT2D eigenvalue weighted by Crippen LogP contribution is 2.52. The highest BCUT2D eigenvalue weighted by atomic mass is 14.3. The number of benzene rings is 12. The van der Waals surface area contributed by atoms with Crippen LogP contribution in [0.3, 0.4) is 0 Å². The zero-order chi connectivity index (χ0) is 46.4. The van der Waals surface area contributed by atoms with Crippen molar-refractivity contribution in [2.24, 2.45) is 0 Å². The van der Waals surface area contributed by atoms with Crippen LogP contribution < -0.4 is 0 Å². The van der Waals surface area contributed by atoms with Crippen molar-refractivity contribution in [3.8, 4) is 66.8 Å². The average molecular weight is 893 g/mol. The molecule has 0 radical (unpaired) electrons. The SMILES string of the molecule is c1ccc(-c2cc(-c3ccccc3)cc(-c3c4ccccc4c(C4CCC(c5c6ccccc6c(-c6cc(-c7ccccc7)cc(-c7ccccc7)c6)c6ccccc56)CC4)c4ccccc34)c2)cc1. The van der Waals surface area contributed by atoms with Crippen LogP contribution in [0.25, 0.3) is 110 Å². The first-order chi connectivity index (χ1) is 34.7. The van der Waals surface area contributed by atoms with Crippen molar-refractivity contribution in [3.05, 3.63) is 266 Å². The quantitative estimate of drug-likeness (QED) is 0.133. The van der Waals surface area contributed by atoms with E-state index in [0.717, 1.165) is 25.7 Å². The van der Waals surface area contributed by atoms with Gasteiger partial charge in [-0.25, -0.2) is 0 Å². The number of hydrogen-bond acceptors (Lipinski definition) is 0. The van der Waals surface area contributed by atoms with Crippen LogP contribution in [0, 0.1) is 0 Å². The van der Waals surface area contributed by atoms with Crippen LogP contribution in [-0.2, 0) is 0 Å². The van der Waals surface area contributed by atoms with Crippen LogP contribution in [0.4, 0.5) is 0 Å². The highest BCUT2D eigenvalue weighted by molar-refractivity contribution is 6.17. The van der Waals surface area contributed by atoms with Gasteiger partial charge in [-0.3, -0.25) is 0 Å². The lowest BCUT2D eigenvalue weighted by Crippen LogP contribution is -2.14. The predicted octanol–water partition coefficient (Wildman–Crippen LogP) is 19.7. The summed E-state index contributed by atoms with van der Waals surface area (Å²) in [7, 11) is 0. The third-order valence-electron chi connectivity index (χ3n) is 15.4. The normalized spacial score (nSPS) is 14.9. The van der Waals surface area contributed by atoms with Gasteiger partial charge in [0.1, 0.15) is 0 Å². The largest absolute Gasteiger partial charge is 0.0622 e. The molecule has 0 atom stereocenters. The van der Waals surface area contributed by atoms with Gasteiger partial charge in [0.15, 0.2) is 0 Å². The van der Waals surface area contributed by atoms with Crippen molar-refractivity contribution in [2.75, 3.05) is 0 Å². The van der Waals surface area contributed by atoms with Gasteiger partial charge in [0, 0.05) is 0 Å². The first-order valence-electron chi connectivity index (χ1n) is 25.1. The molecular formula is C70H52. The molecule has 0 aromatic heterocycles. The molecule has 0 N–H and O–H groups in total. The summed E-state index contributed by atoms with van der Waals surface area (Å²) in [4.78, 5) is 0. The minimum Gasteiger partial charge on any atom is -0.0622 e. The van der Waals surface area contributed by atoms with E-state index >= 15 is 0 Å². The van der Waals surface area contributed by atoms with E-state index in [9.17, 15) is 0 Å². The Morgan fingerprint density at radius 2 is 0.386 bits per heavy atom. The summed E-state index contributed by atoms with van der Waals surface area (Å²) in [6, 6.07) is 94.9. The van der Waals surface area contributed by atoms with Crippen molar-refractivity contribution in [1.29, 1.82) is 0 Å². The maximum Gasteiger partial charge on any atom is -0.00262 e. The second-order valence-corrected chi connectivity index (χ2v) is 19.4. The Balaban J connectivity index is 0.917. The second-order valence-electron chi connectivity index (χ2n) is 19.4. The summed E-state index contributed by atoms with van der Waals surface area (Å²) in [6.07, 6.45) is 4.57. The fourth-order valence-corrected chi connectivity index (χ4v) is 12.2. The van der Waals surface area contributed by atoms with Gasteiger partial charge in [-0.05, 0) is 195 Å². The molecule has 0 bridgehead atoms. The van der Waals surface area contributed by atoms with E-state index < -0.39 is 0 Å². The van der Waals surface area contributed by atoms with E-state index in [2.05, 4.69) is 255 Å². The molecule has 0 amide bonds. The minimum absolute atomic E-state index is 0.449. The molecule has 0 nitrogen and oxygen atoms in total. The maximum atomic E-state index is 2.42. The van der Waals surface area contributed by atoms with Crippen molar-refractivity contribution in [3.63, 3.8) is 0 Å². The zero-order valence-electron chi connectivity index (χ0n) is 39.2. The van der Waals surface area contributed by atoms with Crippen LogP contribution >= 0.6 is 0 Å². The van der Waals surface area contributed by atoms with E-state index in [1.807, 2.05) is 0 Å². The molecule has 332 valence electrons. The van der Waals surface area contributed by atoms with Gasteiger partial charge in [-0.2, -0.15) is 0 Å². The Bertz CT molecular complexity index is 3370. The van der Waals surface area contributed by atoms with Crippen molar-refractivity contribution >= 4 is 43.1 Å². The molecule has 1 fully saturated rings. The molecule has 0 spiro atoms. The molecule has 13 rings (SSSR count). The van der Waals surface area contributed by atoms with Crippen molar-refractivity contribution < 1.29 is 0 Å². The summed E-state index contributed by atoms with van der Waals surface area (Å²) in [5.41, 5.74) is 18.1. The molecule has 0 saturated heterocycles. The third kappa shape index (κ3) is 7.49. The average Bonchev–Trinajstić information content (AvgIpc) is 3.44. The summed E-state index contributed by atoms with van der Waals surface area (Å²) < 4.78 is 0. The number of fused-ring (bicyclic) bond motifs is 4. The monoisotopic (exact) mass is 892 g/mol. The van der Waals surface area contributed by atoms with E-state index in [-0.39, 0.29) is 0 Å². The summed E-state index contributed by atoms with van der Waals surface area (Å²) in [5, 5.41) is 10.9. The molecule has 1 aliphatic carbocycles. The fraction of sp³-hybridized carbons (Fsp3) is 0.0857. The van der Waals surface area contributed by atoms with Gasteiger partial charge in [-0.1, -0.05) is 218 Å². The zero-order valence-corrected chi connectivity index (χ0v) is 39.2. The van der Waals surface area contributed by atoms with Gasteiger partial charge in [0.25, 0.3) is 0 Å². The van der Waals surface area contributed by atoms with Gasteiger partial charge < -0.3 is 0 Å². The van der Waals surface area contributed by atoms with Gasteiger partial charge in [0.05, 0.1) is 0 Å². The van der Waals surface area contributed by atoms with E-state index in [0.29, 0.717) is 11.8 Å². The first kappa shape index (κ1) is 41.8. The Kier molecular flexibility index (Phi) is 10.7. The van der Waals surface area contributed by atoms with Crippen LogP contribution in [0.2, 0.25) is 0 Å².